The van der Waals surface area contributed by atoms with Crippen LogP contribution in [0.2, 0.25) is 0 Å². The van der Waals surface area contributed by atoms with Crippen LogP contribution in [0.5, 0.6) is 5.75 Å². The molecule has 0 radical (unpaired) electrons. The number of amides is 1. The van der Waals surface area contributed by atoms with E-state index in [4.69, 9.17) is 4.74 Å². The maximum Gasteiger partial charge on any atom is 0.267 e. The van der Waals surface area contributed by atoms with Crippen LogP contribution in [-0.4, -0.2) is 24.6 Å². The van der Waals surface area contributed by atoms with Gasteiger partial charge in [0.05, 0.1) is 12.6 Å². The highest BCUT2D eigenvalue weighted by atomic mass is 16.5. The summed E-state index contributed by atoms with van der Waals surface area (Å²) in [5.74, 6) is 0.732. The molecule has 1 N–H and O–H groups in total. The highest BCUT2D eigenvalue weighted by Crippen LogP contribution is 2.24. The molecule has 4 heteroatoms. The number of carbonyl (C=O) groups is 1. The molecule has 1 aromatic heterocycles. The first-order chi connectivity index (χ1) is 8.21. The summed E-state index contributed by atoms with van der Waals surface area (Å²) >= 11 is 0. The minimum Gasteiger partial charge on any atom is -0.497 e. The van der Waals surface area contributed by atoms with Crippen molar-refractivity contribution in [3.05, 3.63) is 30.0 Å². The van der Waals surface area contributed by atoms with Crippen LogP contribution >= 0.6 is 0 Å². The molecule has 1 aromatic carbocycles. The van der Waals surface area contributed by atoms with Crippen LogP contribution in [0.1, 0.15) is 17.4 Å². The van der Waals surface area contributed by atoms with Crippen LogP contribution in [0, 0.1) is 0 Å². The second kappa shape index (κ2) is 4.49. The summed E-state index contributed by atoms with van der Waals surface area (Å²) in [6, 6.07) is 7.71. The number of aryl methyl sites for hydroxylation is 1. The summed E-state index contributed by atoms with van der Waals surface area (Å²) < 4.78 is 7.19. The van der Waals surface area contributed by atoms with Gasteiger partial charge in [-0.2, -0.15) is 0 Å². The van der Waals surface area contributed by atoms with E-state index in [1.807, 2.05) is 35.8 Å². The van der Waals surface area contributed by atoms with E-state index in [9.17, 15) is 4.79 Å². The molecule has 2 aromatic rings. The SMILES string of the molecule is CCn1c(C(=O)NC)cc2ccc(OC)cc21. The zero-order chi connectivity index (χ0) is 12.4. The lowest BCUT2D eigenvalue weighted by atomic mass is 10.2. The van der Waals surface area contributed by atoms with Crippen molar-refractivity contribution in [1.29, 1.82) is 0 Å². The molecule has 0 atom stereocenters. The second-order valence-electron chi connectivity index (χ2n) is 3.78. The Morgan fingerprint density at radius 1 is 1.41 bits per heavy atom. The summed E-state index contributed by atoms with van der Waals surface area (Å²) in [5.41, 5.74) is 1.70. The monoisotopic (exact) mass is 232 g/mol. The van der Waals surface area contributed by atoms with E-state index in [2.05, 4.69) is 5.32 Å². The van der Waals surface area contributed by atoms with Gasteiger partial charge in [0.2, 0.25) is 0 Å². The van der Waals surface area contributed by atoms with Crippen molar-refractivity contribution >= 4 is 16.8 Å². The van der Waals surface area contributed by atoms with E-state index in [0.29, 0.717) is 5.69 Å². The molecule has 2 rings (SSSR count). The van der Waals surface area contributed by atoms with Crippen LogP contribution in [0.15, 0.2) is 24.3 Å². The molecule has 0 aliphatic rings. The number of fused-ring (bicyclic) bond motifs is 1. The Labute approximate surface area is 100 Å². The second-order valence-corrected chi connectivity index (χ2v) is 3.78. The third-order valence-electron chi connectivity index (χ3n) is 2.89. The van der Waals surface area contributed by atoms with E-state index >= 15 is 0 Å². The largest absolute Gasteiger partial charge is 0.497 e. The fraction of sp³-hybridized carbons (Fsp3) is 0.308. The molecular formula is C13H16N2O2. The Morgan fingerprint density at radius 2 is 2.18 bits per heavy atom. The first-order valence-electron chi connectivity index (χ1n) is 5.60. The van der Waals surface area contributed by atoms with Gasteiger partial charge < -0.3 is 14.6 Å². The van der Waals surface area contributed by atoms with Crippen molar-refractivity contribution in [2.75, 3.05) is 14.2 Å². The number of carbonyl (C=O) groups excluding carboxylic acids is 1. The van der Waals surface area contributed by atoms with Gasteiger partial charge in [0.15, 0.2) is 0 Å². The molecule has 90 valence electrons. The molecule has 4 nitrogen and oxygen atoms in total. The molecule has 0 bridgehead atoms. The van der Waals surface area contributed by atoms with Crippen molar-refractivity contribution in [2.45, 2.75) is 13.5 Å². The van der Waals surface area contributed by atoms with Crippen molar-refractivity contribution in [3.63, 3.8) is 0 Å². The smallest absolute Gasteiger partial charge is 0.267 e. The molecule has 0 aliphatic heterocycles. The Morgan fingerprint density at radius 3 is 2.76 bits per heavy atom. The summed E-state index contributed by atoms with van der Waals surface area (Å²) in [4.78, 5) is 11.8. The molecule has 17 heavy (non-hydrogen) atoms. The number of nitrogens with one attached hydrogen (secondary N) is 1. The zero-order valence-electron chi connectivity index (χ0n) is 10.3. The average Bonchev–Trinajstić information content (AvgIpc) is 2.74. The lowest BCUT2D eigenvalue weighted by molar-refractivity contribution is 0.0954. The standard InChI is InChI=1S/C13H16N2O2/c1-4-15-11-8-10(17-3)6-5-9(11)7-12(15)13(16)14-2/h5-8H,4H2,1-3H3,(H,14,16). The van der Waals surface area contributed by atoms with E-state index in [0.717, 1.165) is 23.2 Å². The van der Waals surface area contributed by atoms with Crippen molar-refractivity contribution < 1.29 is 9.53 Å². The van der Waals surface area contributed by atoms with Gasteiger partial charge in [-0.25, -0.2) is 0 Å². The topological polar surface area (TPSA) is 43.3 Å². The van der Waals surface area contributed by atoms with Gasteiger partial charge in [0.1, 0.15) is 11.4 Å². The number of rotatable bonds is 3. The number of hydrogen-bond donors (Lipinski definition) is 1. The minimum absolute atomic E-state index is 0.0676. The van der Waals surface area contributed by atoms with Crippen LogP contribution in [-0.2, 0) is 6.54 Å². The van der Waals surface area contributed by atoms with Crippen LogP contribution in [0.4, 0.5) is 0 Å². The quantitative estimate of drug-likeness (QED) is 0.880. The summed E-state index contributed by atoms with van der Waals surface area (Å²) in [6.45, 7) is 2.77. The van der Waals surface area contributed by atoms with Gasteiger partial charge in [-0.3, -0.25) is 4.79 Å². The number of benzene rings is 1. The number of aromatic nitrogens is 1. The first kappa shape index (κ1) is 11.5. The maximum atomic E-state index is 11.8. The molecule has 0 saturated heterocycles. The number of methoxy groups -OCH3 is 1. The van der Waals surface area contributed by atoms with Gasteiger partial charge in [0, 0.05) is 25.0 Å². The van der Waals surface area contributed by atoms with Gasteiger partial charge >= 0.3 is 0 Å². The van der Waals surface area contributed by atoms with Crippen LogP contribution < -0.4 is 10.1 Å². The third kappa shape index (κ3) is 1.86. The molecule has 0 saturated carbocycles. The Bertz CT molecular complexity index is 558. The number of hydrogen-bond acceptors (Lipinski definition) is 2. The lowest BCUT2D eigenvalue weighted by Gasteiger charge is -2.07. The molecular weight excluding hydrogens is 216 g/mol. The molecule has 0 spiro atoms. The highest BCUT2D eigenvalue weighted by Gasteiger charge is 2.13. The first-order valence-corrected chi connectivity index (χ1v) is 5.60. The van der Waals surface area contributed by atoms with Crippen LogP contribution in [0.25, 0.3) is 10.9 Å². The Hall–Kier alpha value is -1.97. The average molecular weight is 232 g/mol. The maximum absolute atomic E-state index is 11.8. The fourth-order valence-corrected chi connectivity index (χ4v) is 2.02. The predicted octanol–water partition coefficient (Wildman–Crippen LogP) is 2.03. The summed E-state index contributed by atoms with van der Waals surface area (Å²) in [5, 5.41) is 3.70. The van der Waals surface area contributed by atoms with E-state index < -0.39 is 0 Å². The fourth-order valence-electron chi connectivity index (χ4n) is 2.02. The molecule has 0 aliphatic carbocycles. The summed E-state index contributed by atoms with van der Waals surface area (Å²) in [6.07, 6.45) is 0. The lowest BCUT2D eigenvalue weighted by Crippen LogP contribution is -2.21. The third-order valence-corrected chi connectivity index (χ3v) is 2.89. The summed E-state index contributed by atoms with van der Waals surface area (Å²) in [7, 11) is 3.28. The Kier molecular flexibility index (Phi) is 3.04. The molecule has 1 amide bonds. The van der Waals surface area contributed by atoms with Gasteiger partial charge in [-0.05, 0) is 25.1 Å². The minimum atomic E-state index is -0.0676. The Balaban J connectivity index is 2.67. The normalized spacial score (nSPS) is 10.5. The van der Waals surface area contributed by atoms with Crippen molar-refractivity contribution in [2.24, 2.45) is 0 Å². The van der Waals surface area contributed by atoms with E-state index in [1.54, 1.807) is 14.2 Å². The zero-order valence-corrected chi connectivity index (χ0v) is 10.3. The highest BCUT2D eigenvalue weighted by molar-refractivity contribution is 5.98. The van der Waals surface area contributed by atoms with Crippen LogP contribution in [0.3, 0.4) is 0 Å². The molecule has 0 fully saturated rings. The van der Waals surface area contributed by atoms with Gasteiger partial charge in [-0.1, -0.05) is 0 Å². The van der Waals surface area contributed by atoms with E-state index in [1.165, 1.54) is 0 Å². The van der Waals surface area contributed by atoms with Gasteiger partial charge in [0.25, 0.3) is 5.91 Å². The van der Waals surface area contributed by atoms with E-state index in [-0.39, 0.29) is 5.91 Å². The molecule has 1 heterocycles. The molecule has 0 unspecified atom stereocenters. The van der Waals surface area contributed by atoms with Gasteiger partial charge in [-0.15, -0.1) is 0 Å². The number of ether oxygens (including phenoxy) is 1. The van der Waals surface area contributed by atoms with Crippen molar-refractivity contribution in [1.82, 2.24) is 9.88 Å². The van der Waals surface area contributed by atoms with Crippen molar-refractivity contribution in [3.8, 4) is 5.75 Å². The predicted molar refractivity (Wildman–Crippen MR) is 67.6 cm³/mol. The number of nitrogens with zero attached hydrogens (tertiary/aromatic N) is 1.